The molecule has 0 saturated carbocycles. The Balaban J connectivity index is 1.63. The van der Waals surface area contributed by atoms with Gasteiger partial charge < -0.3 is 15.3 Å². The van der Waals surface area contributed by atoms with Gasteiger partial charge in [-0.25, -0.2) is 9.37 Å². The number of hydrogen-bond donors (Lipinski definition) is 3. The molecular weight excluding hydrogens is 421 g/mol. The van der Waals surface area contributed by atoms with Crippen LogP contribution in [0.1, 0.15) is 21.6 Å². The number of aromatic hydroxyl groups is 1. The third-order valence-electron chi connectivity index (χ3n) is 5.68. The summed E-state index contributed by atoms with van der Waals surface area (Å²) in [5.41, 5.74) is 3.24. The van der Waals surface area contributed by atoms with Crippen LogP contribution in [0, 0.1) is 5.82 Å². The zero-order chi connectivity index (χ0) is 22.8. The molecule has 7 nitrogen and oxygen atoms in total. The lowest BCUT2D eigenvalue weighted by Crippen LogP contribution is -2.46. The summed E-state index contributed by atoms with van der Waals surface area (Å²) in [5, 5.41) is 20.8. The van der Waals surface area contributed by atoms with E-state index in [9.17, 15) is 14.3 Å². The predicted octanol–water partition coefficient (Wildman–Crippen LogP) is 3.69. The van der Waals surface area contributed by atoms with Crippen LogP contribution in [0.15, 0.2) is 54.6 Å². The lowest BCUT2D eigenvalue weighted by molar-refractivity contribution is 0.0737. The molecule has 0 unspecified atom stereocenters. The SMILES string of the molecule is O=C(c1cc(-c2ccc(O)cc2)nc2[nH]nc(C=Cc3ccccc3F)c12)N1CCNCC1. The minimum Gasteiger partial charge on any atom is -0.508 e. The highest BCUT2D eigenvalue weighted by Crippen LogP contribution is 2.29. The molecule has 1 aliphatic heterocycles. The Bertz CT molecular complexity index is 1340. The van der Waals surface area contributed by atoms with Crippen molar-refractivity contribution in [3.8, 4) is 17.0 Å². The molecule has 1 amide bonds. The normalized spacial score (nSPS) is 14.3. The van der Waals surface area contributed by atoms with Gasteiger partial charge in [0.25, 0.3) is 5.91 Å². The van der Waals surface area contributed by atoms with Crippen LogP contribution in [0.4, 0.5) is 4.39 Å². The smallest absolute Gasteiger partial charge is 0.254 e. The van der Waals surface area contributed by atoms with Gasteiger partial charge >= 0.3 is 0 Å². The molecule has 0 spiro atoms. The van der Waals surface area contributed by atoms with Crippen molar-refractivity contribution in [2.45, 2.75) is 0 Å². The Morgan fingerprint density at radius 1 is 1.06 bits per heavy atom. The molecule has 33 heavy (non-hydrogen) atoms. The van der Waals surface area contributed by atoms with E-state index in [4.69, 9.17) is 0 Å². The first-order valence-corrected chi connectivity index (χ1v) is 10.7. The quantitative estimate of drug-likeness (QED) is 0.447. The minimum absolute atomic E-state index is 0.106. The van der Waals surface area contributed by atoms with Gasteiger partial charge in [0, 0.05) is 37.3 Å². The topological polar surface area (TPSA) is 94.1 Å². The van der Waals surface area contributed by atoms with Crippen molar-refractivity contribution in [1.82, 2.24) is 25.4 Å². The molecule has 1 fully saturated rings. The van der Waals surface area contributed by atoms with E-state index in [1.54, 1.807) is 60.7 Å². The van der Waals surface area contributed by atoms with Gasteiger partial charge in [0.05, 0.1) is 22.3 Å². The van der Waals surface area contributed by atoms with E-state index in [-0.39, 0.29) is 17.5 Å². The summed E-state index contributed by atoms with van der Waals surface area (Å²) in [5.74, 6) is -0.289. The molecule has 0 bridgehead atoms. The molecule has 0 atom stereocenters. The minimum atomic E-state index is -0.335. The number of benzene rings is 2. The number of hydrogen-bond acceptors (Lipinski definition) is 5. The maximum Gasteiger partial charge on any atom is 0.254 e. The van der Waals surface area contributed by atoms with Crippen molar-refractivity contribution in [3.63, 3.8) is 0 Å². The summed E-state index contributed by atoms with van der Waals surface area (Å²) in [6.07, 6.45) is 3.32. The van der Waals surface area contributed by atoms with Crippen molar-refractivity contribution in [2.24, 2.45) is 0 Å². The fourth-order valence-electron chi connectivity index (χ4n) is 3.94. The molecule has 8 heteroatoms. The van der Waals surface area contributed by atoms with E-state index in [2.05, 4.69) is 20.5 Å². The van der Waals surface area contributed by atoms with Crippen molar-refractivity contribution < 1.29 is 14.3 Å². The van der Waals surface area contributed by atoms with Crippen LogP contribution in [-0.4, -0.2) is 57.3 Å². The van der Waals surface area contributed by atoms with Crippen LogP contribution in [0.3, 0.4) is 0 Å². The molecule has 3 N–H and O–H groups in total. The summed E-state index contributed by atoms with van der Waals surface area (Å²) in [4.78, 5) is 20.0. The van der Waals surface area contributed by atoms with Gasteiger partial charge in [0.15, 0.2) is 5.65 Å². The maximum atomic E-state index is 14.1. The highest BCUT2D eigenvalue weighted by Gasteiger charge is 2.24. The van der Waals surface area contributed by atoms with Gasteiger partial charge in [-0.2, -0.15) is 5.10 Å². The van der Waals surface area contributed by atoms with Gasteiger partial charge in [0.2, 0.25) is 0 Å². The highest BCUT2D eigenvalue weighted by molar-refractivity contribution is 6.09. The highest BCUT2D eigenvalue weighted by atomic mass is 19.1. The third kappa shape index (κ3) is 4.20. The number of fused-ring (bicyclic) bond motifs is 1. The van der Waals surface area contributed by atoms with E-state index >= 15 is 0 Å². The van der Waals surface area contributed by atoms with E-state index in [1.807, 2.05) is 4.90 Å². The molecule has 4 aromatic rings. The number of rotatable bonds is 4. The molecule has 1 saturated heterocycles. The number of nitrogens with one attached hydrogen (secondary N) is 2. The fourth-order valence-corrected chi connectivity index (χ4v) is 3.94. The number of aromatic amines is 1. The Labute approximate surface area is 189 Å². The number of piperazine rings is 1. The Kier molecular flexibility index (Phi) is 5.58. The van der Waals surface area contributed by atoms with Gasteiger partial charge in [-0.1, -0.05) is 18.2 Å². The molecule has 3 heterocycles. The number of aromatic nitrogens is 3. The summed E-state index contributed by atoms with van der Waals surface area (Å²) in [7, 11) is 0. The Morgan fingerprint density at radius 2 is 1.82 bits per heavy atom. The lowest BCUT2D eigenvalue weighted by atomic mass is 10.0. The van der Waals surface area contributed by atoms with E-state index in [1.165, 1.54) is 6.07 Å². The molecule has 0 aliphatic carbocycles. The van der Waals surface area contributed by atoms with Crippen LogP contribution in [0.5, 0.6) is 5.75 Å². The monoisotopic (exact) mass is 443 g/mol. The molecule has 1 aliphatic rings. The summed E-state index contributed by atoms with van der Waals surface area (Å²) < 4.78 is 14.1. The van der Waals surface area contributed by atoms with Crippen molar-refractivity contribution >= 4 is 29.1 Å². The van der Waals surface area contributed by atoms with Gasteiger partial charge in [-0.05, 0) is 48.6 Å². The molecule has 2 aromatic carbocycles. The molecule has 5 rings (SSSR count). The van der Waals surface area contributed by atoms with E-state index in [0.29, 0.717) is 46.6 Å². The number of carbonyl (C=O) groups is 1. The number of phenols is 1. The van der Waals surface area contributed by atoms with Crippen molar-refractivity contribution in [1.29, 1.82) is 0 Å². The fraction of sp³-hybridized carbons (Fsp3) is 0.160. The summed E-state index contributed by atoms with van der Waals surface area (Å²) in [6, 6.07) is 14.9. The van der Waals surface area contributed by atoms with Crippen molar-refractivity contribution in [3.05, 3.63) is 77.2 Å². The second-order valence-electron chi connectivity index (χ2n) is 7.83. The number of amides is 1. The standard InChI is InChI=1S/C25H22FN5O2/c26-20-4-2-1-3-16(20)7-10-21-23-19(25(33)31-13-11-27-12-14-31)15-22(28-24(23)30-29-21)17-5-8-18(32)9-6-17/h1-10,15,27,32H,11-14H2,(H,28,29,30). The second-order valence-corrected chi connectivity index (χ2v) is 7.83. The van der Waals surface area contributed by atoms with Gasteiger partial charge in [-0.3, -0.25) is 9.89 Å². The molecule has 2 aromatic heterocycles. The molecular formula is C25H22FN5O2. The van der Waals surface area contributed by atoms with Gasteiger partial charge in [0.1, 0.15) is 11.6 Å². The number of nitrogens with zero attached hydrogens (tertiary/aromatic N) is 3. The number of phenolic OH excluding ortho intramolecular Hbond substituents is 1. The Morgan fingerprint density at radius 3 is 2.58 bits per heavy atom. The summed E-state index contributed by atoms with van der Waals surface area (Å²) in [6.45, 7) is 2.68. The zero-order valence-electron chi connectivity index (χ0n) is 17.8. The first-order valence-electron chi connectivity index (χ1n) is 10.7. The molecule has 0 radical (unpaired) electrons. The van der Waals surface area contributed by atoms with Crippen LogP contribution >= 0.6 is 0 Å². The number of pyridine rings is 1. The van der Waals surface area contributed by atoms with E-state index < -0.39 is 0 Å². The van der Waals surface area contributed by atoms with Crippen LogP contribution in [0.2, 0.25) is 0 Å². The maximum absolute atomic E-state index is 14.1. The van der Waals surface area contributed by atoms with Crippen molar-refractivity contribution in [2.75, 3.05) is 26.2 Å². The zero-order valence-corrected chi connectivity index (χ0v) is 17.8. The lowest BCUT2D eigenvalue weighted by Gasteiger charge is -2.27. The molecule has 166 valence electrons. The van der Waals surface area contributed by atoms with Crippen LogP contribution < -0.4 is 5.32 Å². The third-order valence-corrected chi connectivity index (χ3v) is 5.68. The Hall–Kier alpha value is -4.04. The largest absolute Gasteiger partial charge is 0.508 e. The van der Waals surface area contributed by atoms with Gasteiger partial charge in [-0.15, -0.1) is 0 Å². The number of H-pyrrole nitrogens is 1. The predicted molar refractivity (Wildman–Crippen MR) is 125 cm³/mol. The second kappa shape index (κ2) is 8.84. The number of carbonyl (C=O) groups excluding carboxylic acids is 1. The van der Waals surface area contributed by atoms with Crippen LogP contribution in [-0.2, 0) is 0 Å². The van der Waals surface area contributed by atoms with E-state index in [0.717, 1.165) is 18.7 Å². The van der Waals surface area contributed by atoms with Crippen LogP contribution in [0.25, 0.3) is 34.4 Å². The first-order chi connectivity index (χ1) is 16.1. The average molecular weight is 443 g/mol. The summed E-state index contributed by atoms with van der Waals surface area (Å²) >= 11 is 0. The first kappa shape index (κ1) is 20.8. The number of halogens is 1. The average Bonchev–Trinajstić information content (AvgIpc) is 3.26.